The van der Waals surface area contributed by atoms with E-state index in [1.807, 2.05) is 18.2 Å². The molecule has 3 heterocycles. The molecule has 1 aliphatic rings. The SMILES string of the molecule is CC(C)CC(CNC(=O)c1cccc2nc(C(=O)N3CCCC(C(F)(F)F)C3)cn12)c1ccccc1. The third kappa shape index (κ3) is 5.88. The summed E-state index contributed by atoms with van der Waals surface area (Å²) in [5.41, 5.74) is 1.87. The molecule has 3 aromatic rings. The molecule has 9 heteroatoms. The number of likely N-dealkylation sites (tertiary alicyclic amines) is 1. The van der Waals surface area contributed by atoms with Crippen molar-refractivity contribution in [2.45, 2.75) is 45.2 Å². The number of hydrogen-bond donors (Lipinski definition) is 1. The standard InChI is InChI=1S/C27H31F3N4O2/c1-18(2)14-20(19-8-4-3-5-9-19)15-31-25(35)23-11-6-12-24-32-22(17-34(23)24)26(36)33-13-7-10-21(16-33)27(28,29)30/h3-6,8-9,11-12,17-18,20-21H,7,10,13-16H2,1-2H3,(H,31,35). The van der Waals surface area contributed by atoms with Crippen LogP contribution in [-0.2, 0) is 0 Å². The van der Waals surface area contributed by atoms with E-state index in [4.69, 9.17) is 0 Å². The number of carbonyl (C=O) groups excluding carboxylic acids is 2. The van der Waals surface area contributed by atoms with Crippen LogP contribution in [0.5, 0.6) is 0 Å². The Morgan fingerprint density at radius 1 is 1.11 bits per heavy atom. The third-order valence-corrected chi connectivity index (χ3v) is 6.65. The van der Waals surface area contributed by atoms with Crippen LogP contribution in [0, 0.1) is 11.8 Å². The lowest BCUT2D eigenvalue weighted by atomic mass is 9.90. The van der Waals surface area contributed by atoms with Gasteiger partial charge in [-0.2, -0.15) is 13.2 Å². The van der Waals surface area contributed by atoms with Crippen molar-refractivity contribution < 1.29 is 22.8 Å². The number of rotatable bonds is 7. The van der Waals surface area contributed by atoms with E-state index < -0.39 is 18.0 Å². The Labute approximate surface area is 208 Å². The fraction of sp³-hybridized carbons (Fsp3) is 0.444. The van der Waals surface area contributed by atoms with Gasteiger partial charge < -0.3 is 10.2 Å². The minimum atomic E-state index is -4.34. The first kappa shape index (κ1) is 25.7. The van der Waals surface area contributed by atoms with Gasteiger partial charge in [0.1, 0.15) is 17.0 Å². The molecule has 2 unspecified atom stereocenters. The quantitative estimate of drug-likeness (QED) is 0.478. The first-order chi connectivity index (χ1) is 17.1. The first-order valence-electron chi connectivity index (χ1n) is 12.3. The van der Waals surface area contributed by atoms with Gasteiger partial charge in [-0.05, 0) is 42.9 Å². The van der Waals surface area contributed by atoms with Crippen LogP contribution in [0.2, 0.25) is 0 Å². The number of hydrogen-bond acceptors (Lipinski definition) is 3. The lowest BCUT2D eigenvalue weighted by molar-refractivity contribution is -0.184. The topological polar surface area (TPSA) is 66.7 Å². The summed E-state index contributed by atoms with van der Waals surface area (Å²) in [6.07, 6.45) is -1.69. The predicted octanol–water partition coefficient (Wildman–Crippen LogP) is 5.31. The van der Waals surface area contributed by atoms with E-state index in [0.29, 0.717) is 23.8 Å². The highest BCUT2D eigenvalue weighted by Crippen LogP contribution is 2.33. The number of benzene rings is 1. The predicted molar refractivity (Wildman–Crippen MR) is 131 cm³/mol. The van der Waals surface area contributed by atoms with E-state index in [1.165, 1.54) is 15.5 Å². The van der Waals surface area contributed by atoms with Crippen LogP contribution in [0.25, 0.3) is 5.65 Å². The third-order valence-electron chi connectivity index (χ3n) is 6.65. The van der Waals surface area contributed by atoms with Crippen LogP contribution in [0.3, 0.4) is 0 Å². The number of nitrogens with zero attached hydrogens (tertiary/aromatic N) is 3. The molecule has 1 aromatic carbocycles. The lowest BCUT2D eigenvalue weighted by Gasteiger charge is -2.33. The molecule has 192 valence electrons. The van der Waals surface area contributed by atoms with Gasteiger partial charge in [0.2, 0.25) is 0 Å². The summed E-state index contributed by atoms with van der Waals surface area (Å²) in [5, 5.41) is 3.01. The molecule has 0 spiro atoms. The molecular formula is C27H31F3N4O2. The number of aromatic nitrogens is 2. The number of amides is 2. The number of carbonyl (C=O) groups is 2. The van der Waals surface area contributed by atoms with Gasteiger partial charge in [-0.15, -0.1) is 0 Å². The van der Waals surface area contributed by atoms with E-state index in [1.54, 1.807) is 18.2 Å². The minimum absolute atomic E-state index is 0.0174. The Bertz CT molecular complexity index is 1210. The van der Waals surface area contributed by atoms with E-state index in [9.17, 15) is 22.8 Å². The Hall–Kier alpha value is -3.36. The van der Waals surface area contributed by atoms with Crippen LogP contribution < -0.4 is 5.32 Å². The summed E-state index contributed by atoms with van der Waals surface area (Å²) in [6, 6.07) is 15.0. The number of fused-ring (bicyclic) bond motifs is 1. The summed E-state index contributed by atoms with van der Waals surface area (Å²) in [4.78, 5) is 31.6. The first-order valence-corrected chi connectivity index (χ1v) is 12.3. The van der Waals surface area contributed by atoms with Gasteiger partial charge in [-0.3, -0.25) is 14.0 Å². The van der Waals surface area contributed by atoms with Crippen molar-refractivity contribution in [1.82, 2.24) is 19.6 Å². The van der Waals surface area contributed by atoms with Gasteiger partial charge in [0.05, 0.1) is 5.92 Å². The lowest BCUT2D eigenvalue weighted by Crippen LogP contribution is -2.44. The maximum absolute atomic E-state index is 13.2. The monoisotopic (exact) mass is 500 g/mol. The Morgan fingerprint density at radius 3 is 2.56 bits per heavy atom. The van der Waals surface area contributed by atoms with Gasteiger partial charge in [0.15, 0.2) is 0 Å². The van der Waals surface area contributed by atoms with Crippen LogP contribution >= 0.6 is 0 Å². The van der Waals surface area contributed by atoms with Crippen molar-refractivity contribution in [3.8, 4) is 0 Å². The highest BCUT2D eigenvalue weighted by atomic mass is 19.4. The van der Waals surface area contributed by atoms with Crippen molar-refractivity contribution in [2.75, 3.05) is 19.6 Å². The molecular weight excluding hydrogens is 469 g/mol. The Balaban J connectivity index is 1.51. The van der Waals surface area contributed by atoms with Crippen LogP contribution in [-0.4, -0.2) is 51.9 Å². The highest BCUT2D eigenvalue weighted by Gasteiger charge is 2.43. The molecule has 1 N–H and O–H groups in total. The Morgan fingerprint density at radius 2 is 1.86 bits per heavy atom. The van der Waals surface area contributed by atoms with Gasteiger partial charge in [-0.25, -0.2) is 4.98 Å². The molecule has 0 radical (unpaired) electrons. The maximum atomic E-state index is 13.2. The molecule has 1 saturated heterocycles. The fourth-order valence-corrected chi connectivity index (χ4v) is 4.83. The second kappa shape index (κ2) is 10.7. The average molecular weight is 501 g/mol. The molecule has 2 aromatic heterocycles. The fourth-order valence-electron chi connectivity index (χ4n) is 4.83. The minimum Gasteiger partial charge on any atom is -0.350 e. The molecule has 2 atom stereocenters. The maximum Gasteiger partial charge on any atom is 0.393 e. The molecule has 0 aliphatic carbocycles. The number of alkyl halides is 3. The van der Waals surface area contributed by atoms with Gasteiger partial charge >= 0.3 is 6.18 Å². The van der Waals surface area contributed by atoms with E-state index in [0.717, 1.165) is 12.0 Å². The molecule has 6 nitrogen and oxygen atoms in total. The van der Waals surface area contributed by atoms with Gasteiger partial charge in [0.25, 0.3) is 11.8 Å². The average Bonchev–Trinajstić information content (AvgIpc) is 3.30. The number of pyridine rings is 1. The van der Waals surface area contributed by atoms with Crippen molar-refractivity contribution in [3.63, 3.8) is 0 Å². The molecule has 1 aliphatic heterocycles. The van der Waals surface area contributed by atoms with Crippen molar-refractivity contribution >= 4 is 17.5 Å². The normalized spacial score (nSPS) is 17.4. The summed E-state index contributed by atoms with van der Waals surface area (Å²) in [7, 11) is 0. The smallest absolute Gasteiger partial charge is 0.350 e. The highest BCUT2D eigenvalue weighted by molar-refractivity contribution is 5.95. The summed E-state index contributed by atoms with van der Waals surface area (Å²) in [6.45, 7) is 4.61. The molecule has 2 amide bonds. The van der Waals surface area contributed by atoms with Gasteiger partial charge in [0, 0.05) is 31.7 Å². The van der Waals surface area contributed by atoms with E-state index in [2.05, 4.69) is 36.3 Å². The Kier molecular flexibility index (Phi) is 7.66. The molecule has 36 heavy (non-hydrogen) atoms. The van der Waals surface area contributed by atoms with Gasteiger partial charge in [-0.1, -0.05) is 50.2 Å². The zero-order valence-electron chi connectivity index (χ0n) is 20.5. The van der Waals surface area contributed by atoms with Crippen LogP contribution in [0.4, 0.5) is 13.2 Å². The summed E-state index contributed by atoms with van der Waals surface area (Å²) < 4.78 is 41.1. The van der Waals surface area contributed by atoms with Crippen molar-refractivity contribution in [2.24, 2.45) is 11.8 Å². The van der Waals surface area contributed by atoms with E-state index in [-0.39, 0.29) is 43.5 Å². The molecule has 1 fully saturated rings. The second-order valence-corrected chi connectivity index (χ2v) is 9.84. The van der Waals surface area contributed by atoms with Crippen LogP contribution in [0.15, 0.2) is 54.7 Å². The number of imidazole rings is 1. The largest absolute Gasteiger partial charge is 0.393 e. The van der Waals surface area contributed by atoms with E-state index >= 15 is 0 Å². The number of piperidine rings is 1. The zero-order chi connectivity index (χ0) is 25.9. The second-order valence-electron chi connectivity index (χ2n) is 9.84. The summed E-state index contributed by atoms with van der Waals surface area (Å²) >= 11 is 0. The summed E-state index contributed by atoms with van der Waals surface area (Å²) in [5.74, 6) is -1.80. The van der Waals surface area contributed by atoms with Crippen molar-refractivity contribution in [1.29, 1.82) is 0 Å². The van der Waals surface area contributed by atoms with Crippen molar-refractivity contribution in [3.05, 3.63) is 71.7 Å². The molecule has 4 rings (SSSR count). The molecule has 0 bridgehead atoms. The number of halogens is 3. The van der Waals surface area contributed by atoms with Crippen LogP contribution in [0.1, 0.15) is 65.6 Å². The number of nitrogens with one attached hydrogen (secondary N) is 1. The zero-order valence-corrected chi connectivity index (χ0v) is 20.5. The molecule has 0 saturated carbocycles.